The van der Waals surface area contributed by atoms with Gasteiger partial charge in [0.25, 0.3) is 0 Å². The molecule has 0 spiro atoms. The van der Waals surface area contributed by atoms with Crippen molar-refractivity contribution in [2.75, 3.05) is 5.73 Å². The van der Waals surface area contributed by atoms with Crippen LogP contribution >= 0.6 is 0 Å². The first-order chi connectivity index (χ1) is 9.00. The van der Waals surface area contributed by atoms with Gasteiger partial charge in [0, 0.05) is 18.1 Å². The van der Waals surface area contributed by atoms with Crippen LogP contribution in [0.2, 0.25) is 0 Å². The van der Waals surface area contributed by atoms with Gasteiger partial charge in [0.1, 0.15) is 0 Å². The Morgan fingerprint density at radius 3 is 1.89 bits per heavy atom. The SMILES string of the molecule is Nc1ccc(C(=O)O)cc1.O=C(O)c1cccnc1. The summed E-state index contributed by atoms with van der Waals surface area (Å²) in [4.78, 5) is 24.1. The number of pyridine rings is 1. The van der Waals surface area contributed by atoms with E-state index in [1.165, 1.54) is 30.6 Å². The molecule has 0 radical (unpaired) electrons. The first-order valence-corrected chi connectivity index (χ1v) is 5.23. The average Bonchev–Trinajstić information content (AvgIpc) is 2.41. The Morgan fingerprint density at radius 2 is 1.53 bits per heavy atom. The van der Waals surface area contributed by atoms with Crippen LogP contribution in [0.1, 0.15) is 20.7 Å². The second-order valence-corrected chi connectivity index (χ2v) is 3.47. The van der Waals surface area contributed by atoms with Gasteiger partial charge in [-0.1, -0.05) is 0 Å². The van der Waals surface area contributed by atoms with Gasteiger partial charge in [-0.25, -0.2) is 9.59 Å². The quantitative estimate of drug-likeness (QED) is 0.709. The molecule has 6 heteroatoms. The average molecular weight is 260 g/mol. The van der Waals surface area contributed by atoms with Crippen molar-refractivity contribution in [1.29, 1.82) is 0 Å². The van der Waals surface area contributed by atoms with Crippen LogP contribution in [-0.4, -0.2) is 27.1 Å². The lowest BCUT2D eigenvalue weighted by atomic mass is 10.2. The highest BCUT2D eigenvalue weighted by Gasteiger charge is 1.99. The number of benzene rings is 1. The molecule has 2 aromatic rings. The predicted molar refractivity (Wildman–Crippen MR) is 69.0 cm³/mol. The van der Waals surface area contributed by atoms with Gasteiger partial charge in [0.05, 0.1) is 11.1 Å². The van der Waals surface area contributed by atoms with Crippen LogP contribution in [0, 0.1) is 0 Å². The minimum Gasteiger partial charge on any atom is -0.478 e. The Hall–Kier alpha value is -2.89. The maximum absolute atomic E-state index is 10.3. The summed E-state index contributed by atoms with van der Waals surface area (Å²) in [5.74, 6) is -1.87. The summed E-state index contributed by atoms with van der Waals surface area (Å²) in [5, 5.41) is 16.8. The molecule has 1 aromatic heterocycles. The summed E-state index contributed by atoms with van der Waals surface area (Å²) in [6.45, 7) is 0. The fraction of sp³-hybridized carbons (Fsp3) is 0. The molecular formula is C13H12N2O4. The van der Waals surface area contributed by atoms with Crippen molar-refractivity contribution < 1.29 is 19.8 Å². The first-order valence-electron chi connectivity index (χ1n) is 5.23. The van der Waals surface area contributed by atoms with Crippen LogP contribution in [0.25, 0.3) is 0 Å². The Morgan fingerprint density at radius 1 is 0.947 bits per heavy atom. The van der Waals surface area contributed by atoms with Crippen LogP contribution in [0.3, 0.4) is 0 Å². The highest BCUT2D eigenvalue weighted by molar-refractivity contribution is 5.88. The molecule has 0 atom stereocenters. The second kappa shape index (κ2) is 6.75. The molecule has 0 aliphatic rings. The van der Waals surface area contributed by atoms with Gasteiger partial charge in [0.2, 0.25) is 0 Å². The fourth-order valence-electron chi connectivity index (χ4n) is 1.11. The minimum atomic E-state index is -0.942. The Bertz CT molecular complexity index is 553. The number of carboxylic acids is 2. The normalized spacial score (nSPS) is 9.05. The molecule has 0 aliphatic heterocycles. The summed E-state index contributed by atoms with van der Waals surface area (Å²) in [6.07, 6.45) is 2.84. The van der Waals surface area contributed by atoms with Crippen molar-refractivity contribution in [2.24, 2.45) is 0 Å². The van der Waals surface area contributed by atoms with E-state index in [2.05, 4.69) is 4.98 Å². The van der Waals surface area contributed by atoms with Gasteiger partial charge < -0.3 is 15.9 Å². The van der Waals surface area contributed by atoms with E-state index in [0.717, 1.165) is 0 Å². The lowest BCUT2D eigenvalue weighted by Gasteiger charge is -1.93. The van der Waals surface area contributed by atoms with Crippen LogP contribution in [0.5, 0.6) is 0 Å². The standard InChI is InChI=1S/C7H7NO2.C6H5NO2/c8-6-3-1-5(2-4-6)7(9)10;8-6(9)5-2-1-3-7-4-5/h1-4H,8H2,(H,9,10);1-4H,(H,8,9). The van der Waals surface area contributed by atoms with E-state index in [9.17, 15) is 9.59 Å². The molecule has 0 amide bonds. The van der Waals surface area contributed by atoms with Gasteiger partial charge in [-0.05, 0) is 36.4 Å². The van der Waals surface area contributed by atoms with E-state index < -0.39 is 11.9 Å². The summed E-state index contributed by atoms with van der Waals surface area (Å²) >= 11 is 0. The van der Waals surface area contributed by atoms with E-state index in [1.54, 1.807) is 18.2 Å². The third-order valence-electron chi connectivity index (χ3n) is 2.07. The van der Waals surface area contributed by atoms with Gasteiger partial charge >= 0.3 is 11.9 Å². The Kier molecular flexibility index (Phi) is 5.04. The lowest BCUT2D eigenvalue weighted by Crippen LogP contribution is -1.95. The van der Waals surface area contributed by atoms with Crippen LogP contribution in [0.4, 0.5) is 5.69 Å². The number of nitrogen functional groups attached to an aromatic ring is 1. The van der Waals surface area contributed by atoms with Gasteiger partial charge in [0.15, 0.2) is 0 Å². The number of carbonyl (C=O) groups is 2. The zero-order valence-corrected chi connectivity index (χ0v) is 9.85. The highest BCUT2D eigenvalue weighted by Crippen LogP contribution is 2.04. The molecule has 2 rings (SSSR count). The van der Waals surface area contributed by atoms with Crippen molar-refractivity contribution in [3.8, 4) is 0 Å². The Labute approximate surface area is 109 Å². The minimum absolute atomic E-state index is 0.220. The number of anilines is 1. The molecule has 0 saturated heterocycles. The van der Waals surface area contributed by atoms with Gasteiger partial charge in [-0.3, -0.25) is 4.98 Å². The maximum atomic E-state index is 10.3. The number of hydrogen-bond acceptors (Lipinski definition) is 4. The molecule has 0 unspecified atom stereocenters. The van der Waals surface area contributed by atoms with E-state index in [0.29, 0.717) is 5.69 Å². The van der Waals surface area contributed by atoms with Crippen LogP contribution < -0.4 is 5.73 Å². The molecule has 4 N–H and O–H groups in total. The molecular weight excluding hydrogens is 248 g/mol. The number of carboxylic acid groups (broad SMARTS) is 2. The van der Waals surface area contributed by atoms with Crippen LogP contribution in [0.15, 0.2) is 48.8 Å². The van der Waals surface area contributed by atoms with Crippen LogP contribution in [-0.2, 0) is 0 Å². The van der Waals surface area contributed by atoms with E-state index >= 15 is 0 Å². The van der Waals surface area contributed by atoms with Gasteiger partial charge in [-0.2, -0.15) is 0 Å². The maximum Gasteiger partial charge on any atom is 0.337 e. The molecule has 98 valence electrons. The lowest BCUT2D eigenvalue weighted by molar-refractivity contribution is 0.0686. The fourth-order valence-corrected chi connectivity index (χ4v) is 1.11. The predicted octanol–water partition coefficient (Wildman–Crippen LogP) is 1.75. The first kappa shape index (κ1) is 14.2. The molecule has 19 heavy (non-hydrogen) atoms. The highest BCUT2D eigenvalue weighted by atomic mass is 16.4. The van der Waals surface area contributed by atoms with E-state index in [-0.39, 0.29) is 11.1 Å². The van der Waals surface area contributed by atoms with E-state index in [4.69, 9.17) is 15.9 Å². The number of nitrogens with zero attached hydrogens (tertiary/aromatic N) is 1. The molecule has 1 heterocycles. The summed E-state index contributed by atoms with van der Waals surface area (Å²) in [6, 6.07) is 9.14. The molecule has 0 aliphatic carbocycles. The third kappa shape index (κ3) is 4.86. The number of aromatic carboxylic acids is 2. The van der Waals surface area contributed by atoms with Crippen molar-refractivity contribution >= 4 is 17.6 Å². The molecule has 0 fully saturated rings. The topological polar surface area (TPSA) is 114 Å². The smallest absolute Gasteiger partial charge is 0.337 e. The van der Waals surface area contributed by atoms with Crippen molar-refractivity contribution in [3.05, 3.63) is 59.9 Å². The van der Waals surface area contributed by atoms with Gasteiger partial charge in [-0.15, -0.1) is 0 Å². The van der Waals surface area contributed by atoms with E-state index in [1.807, 2.05) is 0 Å². The number of hydrogen-bond donors (Lipinski definition) is 3. The number of rotatable bonds is 2. The summed E-state index contributed by atoms with van der Waals surface area (Å²) in [7, 11) is 0. The second-order valence-electron chi connectivity index (χ2n) is 3.47. The largest absolute Gasteiger partial charge is 0.478 e. The molecule has 1 aromatic carbocycles. The molecule has 6 nitrogen and oxygen atoms in total. The van der Waals surface area contributed by atoms with Crippen molar-refractivity contribution in [2.45, 2.75) is 0 Å². The number of nitrogens with two attached hydrogens (primary N) is 1. The van der Waals surface area contributed by atoms with Crippen molar-refractivity contribution in [1.82, 2.24) is 4.98 Å². The monoisotopic (exact) mass is 260 g/mol. The molecule has 0 saturated carbocycles. The Balaban J connectivity index is 0.000000191. The summed E-state index contributed by atoms with van der Waals surface area (Å²) in [5.41, 5.74) is 6.39. The zero-order chi connectivity index (χ0) is 14.3. The number of aromatic nitrogens is 1. The zero-order valence-electron chi connectivity index (χ0n) is 9.85. The van der Waals surface area contributed by atoms with Crippen molar-refractivity contribution in [3.63, 3.8) is 0 Å². The third-order valence-corrected chi connectivity index (χ3v) is 2.07. The summed E-state index contributed by atoms with van der Waals surface area (Å²) < 4.78 is 0. The molecule has 0 bridgehead atoms.